The monoisotopic (exact) mass is 249 g/mol. The molecule has 1 aliphatic heterocycles. The summed E-state index contributed by atoms with van der Waals surface area (Å²) in [5, 5.41) is 8.92. The molecule has 0 N–H and O–H groups in total. The van der Waals surface area contributed by atoms with Crippen LogP contribution in [0.25, 0.3) is 0 Å². The lowest BCUT2D eigenvalue weighted by Gasteiger charge is -2.31. The zero-order valence-electron chi connectivity index (χ0n) is 10.9. The molecule has 0 fully saturated rings. The van der Waals surface area contributed by atoms with Gasteiger partial charge in [0.05, 0.1) is 5.56 Å². The van der Waals surface area contributed by atoms with E-state index in [0.29, 0.717) is 5.56 Å². The molecule has 0 aliphatic carbocycles. The minimum absolute atomic E-state index is 0.617. The molecule has 2 aromatic rings. The van der Waals surface area contributed by atoms with E-state index in [-0.39, 0.29) is 0 Å². The van der Waals surface area contributed by atoms with Gasteiger partial charge in [0, 0.05) is 18.4 Å². The Morgan fingerprint density at radius 3 is 2.95 bits per heavy atom. The number of benzene rings is 1. The van der Waals surface area contributed by atoms with Crippen molar-refractivity contribution in [1.82, 2.24) is 4.98 Å². The Kier molecular flexibility index (Phi) is 2.92. The molecule has 3 nitrogen and oxygen atoms in total. The lowest BCUT2D eigenvalue weighted by Crippen LogP contribution is -2.26. The van der Waals surface area contributed by atoms with Crippen LogP contribution in [0.1, 0.15) is 23.1 Å². The third-order valence-corrected chi connectivity index (χ3v) is 3.55. The van der Waals surface area contributed by atoms with Gasteiger partial charge < -0.3 is 4.90 Å². The standard InChI is InChI=1S/C16H15N3/c1-12-9-13(10-17)11-18-16(12)19-8-4-6-14-5-2-3-7-15(14)19/h2-3,5,7,9,11H,4,6,8H2,1H3. The van der Waals surface area contributed by atoms with E-state index in [4.69, 9.17) is 5.26 Å². The maximum absolute atomic E-state index is 8.92. The second kappa shape index (κ2) is 4.74. The number of pyridine rings is 1. The van der Waals surface area contributed by atoms with Crippen molar-refractivity contribution in [3.05, 3.63) is 53.2 Å². The van der Waals surface area contributed by atoms with Gasteiger partial charge in [0.1, 0.15) is 11.9 Å². The Morgan fingerprint density at radius 1 is 1.32 bits per heavy atom. The van der Waals surface area contributed by atoms with Crippen molar-refractivity contribution < 1.29 is 0 Å². The van der Waals surface area contributed by atoms with Crippen LogP contribution in [0.15, 0.2) is 36.5 Å². The summed E-state index contributed by atoms with van der Waals surface area (Å²) >= 11 is 0. The topological polar surface area (TPSA) is 39.9 Å². The Bertz CT molecular complexity index is 655. The van der Waals surface area contributed by atoms with Gasteiger partial charge in [-0.15, -0.1) is 0 Å². The Hall–Kier alpha value is -2.34. The van der Waals surface area contributed by atoms with Crippen molar-refractivity contribution in [3.63, 3.8) is 0 Å². The van der Waals surface area contributed by atoms with Crippen LogP contribution in [-0.4, -0.2) is 11.5 Å². The zero-order valence-corrected chi connectivity index (χ0v) is 10.9. The van der Waals surface area contributed by atoms with E-state index in [1.165, 1.54) is 11.3 Å². The van der Waals surface area contributed by atoms with E-state index in [0.717, 1.165) is 30.8 Å². The summed E-state index contributed by atoms with van der Waals surface area (Å²) in [5.41, 5.74) is 4.29. The highest BCUT2D eigenvalue weighted by molar-refractivity contribution is 5.67. The van der Waals surface area contributed by atoms with Crippen molar-refractivity contribution in [2.45, 2.75) is 19.8 Å². The third kappa shape index (κ3) is 2.06. The number of hydrogen-bond donors (Lipinski definition) is 0. The molecule has 0 saturated carbocycles. The second-order valence-electron chi connectivity index (χ2n) is 4.86. The molecule has 0 unspecified atom stereocenters. The van der Waals surface area contributed by atoms with Crippen LogP contribution in [0.3, 0.4) is 0 Å². The first kappa shape index (κ1) is 11.7. The van der Waals surface area contributed by atoms with Crippen molar-refractivity contribution in [2.75, 3.05) is 11.4 Å². The molecule has 3 rings (SSSR count). The zero-order chi connectivity index (χ0) is 13.2. The fourth-order valence-corrected chi connectivity index (χ4v) is 2.66. The van der Waals surface area contributed by atoms with Gasteiger partial charge in [-0.05, 0) is 43.0 Å². The Labute approximate surface area is 113 Å². The smallest absolute Gasteiger partial charge is 0.135 e. The lowest BCUT2D eigenvalue weighted by molar-refractivity contribution is 0.757. The number of fused-ring (bicyclic) bond motifs is 1. The quantitative estimate of drug-likeness (QED) is 0.778. The van der Waals surface area contributed by atoms with Crippen molar-refractivity contribution in [1.29, 1.82) is 5.26 Å². The maximum Gasteiger partial charge on any atom is 0.135 e. The van der Waals surface area contributed by atoms with Crippen molar-refractivity contribution in [2.24, 2.45) is 0 Å². The minimum Gasteiger partial charge on any atom is -0.326 e. The fourth-order valence-electron chi connectivity index (χ4n) is 2.66. The summed E-state index contributed by atoms with van der Waals surface area (Å²) in [6, 6.07) is 12.5. The fraction of sp³-hybridized carbons (Fsp3) is 0.250. The van der Waals surface area contributed by atoms with Gasteiger partial charge in [-0.25, -0.2) is 4.98 Å². The number of rotatable bonds is 1. The van der Waals surface area contributed by atoms with E-state index in [9.17, 15) is 0 Å². The summed E-state index contributed by atoms with van der Waals surface area (Å²) in [7, 11) is 0. The van der Waals surface area contributed by atoms with Crippen LogP contribution >= 0.6 is 0 Å². The van der Waals surface area contributed by atoms with Crippen molar-refractivity contribution >= 4 is 11.5 Å². The van der Waals surface area contributed by atoms with Gasteiger partial charge >= 0.3 is 0 Å². The van der Waals surface area contributed by atoms with Crippen LogP contribution in [0, 0.1) is 18.3 Å². The molecule has 19 heavy (non-hydrogen) atoms. The molecule has 0 radical (unpaired) electrons. The van der Waals surface area contributed by atoms with Crippen LogP contribution in [0.2, 0.25) is 0 Å². The van der Waals surface area contributed by atoms with Gasteiger partial charge in [-0.1, -0.05) is 18.2 Å². The van der Waals surface area contributed by atoms with Gasteiger partial charge in [0.25, 0.3) is 0 Å². The van der Waals surface area contributed by atoms with Crippen LogP contribution < -0.4 is 4.90 Å². The first-order chi connectivity index (χ1) is 9.29. The molecule has 0 amide bonds. The summed E-state index contributed by atoms with van der Waals surface area (Å²) in [6.07, 6.45) is 3.92. The highest BCUT2D eigenvalue weighted by Gasteiger charge is 2.20. The van der Waals surface area contributed by atoms with E-state index in [2.05, 4.69) is 40.2 Å². The number of nitrogens with zero attached hydrogens (tertiary/aromatic N) is 3. The summed E-state index contributed by atoms with van der Waals surface area (Å²) in [4.78, 5) is 6.73. The number of para-hydroxylation sites is 1. The minimum atomic E-state index is 0.617. The SMILES string of the molecule is Cc1cc(C#N)cnc1N1CCCc2ccccc21. The Morgan fingerprint density at radius 2 is 2.16 bits per heavy atom. The number of aryl methyl sites for hydroxylation is 2. The van der Waals surface area contributed by atoms with Gasteiger partial charge in [-0.3, -0.25) is 0 Å². The molecule has 3 heteroatoms. The average Bonchev–Trinajstić information content (AvgIpc) is 2.46. The number of nitriles is 1. The Balaban J connectivity index is 2.07. The first-order valence-electron chi connectivity index (χ1n) is 6.52. The van der Waals surface area contributed by atoms with Gasteiger partial charge in [0.2, 0.25) is 0 Å². The van der Waals surface area contributed by atoms with Crippen LogP contribution in [0.4, 0.5) is 11.5 Å². The molecule has 1 aromatic carbocycles. The average molecular weight is 249 g/mol. The molecule has 94 valence electrons. The summed E-state index contributed by atoms with van der Waals surface area (Å²) < 4.78 is 0. The maximum atomic E-state index is 8.92. The third-order valence-electron chi connectivity index (χ3n) is 3.55. The molecule has 2 heterocycles. The predicted molar refractivity (Wildman–Crippen MR) is 75.5 cm³/mol. The molecule has 0 spiro atoms. The van der Waals surface area contributed by atoms with Gasteiger partial charge in [-0.2, -0.15) is 5.26 Å². The van der Waals surface area contributed by atoms with E-state index in [1.807, 2.05) is 13.0 Å². The second-order valence-corrected chi connectivity index (χ2v) is 4.86. The lowest BCUT2D eigenvalue weighted by atomic mass is 10.0. The van der Waals surface area contributed by atoms with E-state index < -0.39 is 0 Å². The predicted octanol–water partition coefficient (Wildman–Crippen LogP) is 3.35. The highest BCUT2D eigenvalue weighted by atomic mass is 15.2. The van der Waals surface area contributed by atoms with Crippen molar-refractivity contribution in [3.8, 4) is 6.07 Å². The molecule has 1 aromatic heterocycles. The number of aromatic nitrogens is 1. The van der Waals surface area contributed by atoms with E-state index >= 15 is 0 Å². The first-order valence-corrected chi connectivity index (χ1v) is 6.52. The summed E-state index contributed by atoms with van der Waals surface area (Å²) in [5.74, 6) is 0.964. The molecule has 1 aliphatic rings. The largest absolute Gasteiger partial charge is 0.326 e. The van der Waals surface area contributed by atoms with Gasteiger partial charge in [0.15, 0.2) is 0 Å². The van der Waals surface area contributed by atoms with E-state index in [1.54, 1.807) is 6.20 Å². The molecular formula is C16H15N3. The number of anilines is 2. The summed E-state index contributed by atoms with van der Waals surface area (Å²) in [6.45, 7) is 3.00. The highest BCUT2D eigenvalue weighted by Crippen LogP contribution is 2.33. The number of hydrogen-bond acceptors (Lipinski definition) is 3. The normalized spacial score (nSPS) is 13.8. The molecule has 0 bridgehead atoms. The molecule has 0 atom stereocenters. The van der Waals surface area contributed by atoms with Crippen LogP contribution in [0.5, 0.6) is 0 Å². The molecular weight excluding hydrogens is 234 g/mol. The van der Waals surface area contributed by atoms with Crippen LogP contribution in [-0.2, 0) is 6.42 Å². The molecule has 0 saturated heterocycles.